The van der Waals surface area contributed by atoms with Crippen LogP contribution in [0.4, 0.5) is 0 Å². The molecule has 1 unspecified atom stereocenters. The van der Waals surface area contributed by atoms with Gasteiger partial charge in [0.25, 0.3) is 0 Å². The molecule has 0 saturated heterocycles. The fourth-order valence-corrected chi connectivity index (χ4v) is 2.23. The van der Waals surface area contributed by atoms with Gasteiger partial charge in [0.1, 0.15) is 0 Å². The molecule has 1 aromatic carbocycles. The highest BCUT2D eigenvalue weighted by atomic mass is 16.5. The van der Waals surface area contributed by atoms with Crippen molar-refractivity contribution in [3.8, 4) is 17.2 Å². The molecule has 2 N–H and O–H groups in total. The van der Waals surface area contributed by atoms with Crippen LogP contribution in [0.25, 0.3) is 0 Å². The lowest BCUT2D eigenvalue weighted by Crippen LogP contribution is -2.11. The molecule has 114 valence electrons. The zero-order valence-corrected chi connectivity index (χ0v) is 13.2. The molecule has 1 rings (SSSR count). The lowest BCUT2D eigenvalue weighted by molar-refractivity contribution is 0.323. The first-order chi connectivity index (χ1) is 9.53. The maximum atomic E-state index is 6.27. The van der Waals surface area contributed by atoms with E-state index in [2.05, 4.69) is 13.8 Å². The van der Waals surface area contributed by atoms with E-state index in [-0.39, 0.29) is 6.04 Å². The highest BCUT2D eigenvalue weighted by Gasteiger charge is 2.16. The quantitative estimate of drug-likeness (QED) is 0.792. The number of methoxy groups -OCH3 is 3. The molecule has 1 atom stereocenters. The van der Waals surface area contributed by atoms with Crippen LogP contribution in [0.5, 0.6) is 17.2 Å². The van der Waals surface area contributed by atoms with Gasteiger partial charge in [0, 0.05) is 6.04 Å². The van der Waals surface area contributed by atoms with Crippen LogP contribution in [-0.2, 0) is 0 Å². The van der Waals surface area contributed by atoms with Gasteiger partial charge in [0.15, 0.2) is 11.5 Å². The minimum Gasteiger partial charge on any atom is -0.493 e. The summed E-state index contributed by atoms with van der Waals surface area (Å²) in [5.74, 6) is 2.62. The van der Waals surface area contributed by atoms with Gasteiger partial charge in [0.2, 0.25) is 5.75 Å². The van der Waals surface area contributed by atoms with Crippen LogP contribution < -0.4 is 19.9 Å². The number of hydrogen-bond acceptors (Lipinski definition) is 4. The summed E-state index contributed by atoms with van der Waals surface area (Å²) in [6.07, 6.45) is 3.27. The monoisotopic (exact) mass is 281 g/mol. The molecular weight excluding hydrogens is 254 g/mol. The molecule has 1 aromatic rings. The SMILES string of the molecule is COc1cc(C(N)CCCC(C)C)cc(OC)c1OC. The Morgan fingerprint density at radius 3 is 1.90 bits per heavy atom. The third-order valence-corrected chi connectivity index (χ3v) is 3.41. The second kappa shape index (κ2) is 8.00. The van der Waals surface area contributed by atoms with E-state index in [9.17, 15) is 0 Å². The molecule has 20 heavy (non-hydrogen) atoms. The summed E-state index contributed by atoms with van der Waals surface area (Å²) in [7, 11) is 4.83. The average molecular weight is 281 g/mol. The maximum absolute atomic E-state index is 6.27. The number of hydrogen-bond donors (Lipinski definition) is 1. The Hall–Kier alpha value is -1.42. The van der Waals surface area contributed by atoms with Gasteiger partial charge in [-0.3, -0.25) is 0 Å². The van der Waals surface area contributed by atoms with Crippen LogP contribution in [0.15, 0.2) is 12.1 Å². The fraction of sp³-hybridized carbons (Fsp3) is 0.625. The average Bonchev–Trinajstić information content (AvgIpc) is 2.44. The second-order valence-corrected chi connectivity index (χ2v) is 5.39. The van der Waals surface area contributed by atoms with Crippen LogP contribution in [0.1, 0.15) is 44.7 Å². The van der Waals surface area contributed by atoms with Gasteiger partial charge >= 0.3 is 0 Å². The van der Waals surface area contributed by atoms with Crippen LogP contribution in [0.3, 0.4) is 0 Å². The van der Waals surface area contributed by atoms with Crippen molar-refractivity contribution in [1.29, 1.82) is 0 Å². The maximum Gasteiger partial charge on any atom is 0.203 e. The zero-order valence-electron chi connectivity index (χ0n) is 13.2. The predicted octanol–water partition coefficient (Wildman–Crippen LogP) is 3.54. The van der Waals surface area contributed by atoms with Gasteiger partial charge in [-0.2, -0.15) is 0 Å². The number of nitrogens with two attached hydrogens (primary N) is 1. The summed E-state index contributed by atoms with van der Waals surface area (Å²) < 4.78 is 16.0. The Kier molecular flexibility index (Phi) is 6.65. The molecule has 0 aromatic heterocycles. The molecule has 4 heteroatoms. The van der Waals surface area contributed by atoms with E-state index < -0.39 is 0 Å². The first kappa shape index (κ1) is 16.6. The number of ether oxygens (including phenoxy) is 3. The molecule has 4 nitrogen and oxygen atoms in total. The van der Waals surface area contributed by atoms with Crippen molar-refractivity contribution in [2.45, 2.75) is 39.2 Å². The summed E-state index contributed by atoms with van der Waals surface area (Å²) in [5, 5.41) is 0. The standard InChI is InChI=1S/C16H27NO3/c1-11(2)7-6-8-13(17)12-9-14(18-3)16(20-5)15(10-12)19-4/h9-11,13H,6-8,17H2,1-5H3. The Labute approximate surface area is 122 Å². The summed E-state index contributed by atoms with van der Waals surface area (Å²) in [5.41, 5.74) is 7.28. The van der Waals surface area contributed by atoms with Crippen LogP contribution >= 0.6 is 0 Å². The van der Waals surface area contributed by atoms with E-state index in [1.165, 1.54) is 6.42 Å². The Balaban J connectivity index is 2.89. The minimum atomic E-state index is -0.0116. The normalized spacial score (nSPS) is 12.3. The number of rotatable bonds is 8. The number of benzene rings is 1. The van der Waals surface area contributed by atoms with Crippen molar-refractivity contribution in [2.75, 3.05) is 21.3 Å². The molecule has 0 aliphatic carbocycles. The first-order valence-electron chi connectivity index (χ1n) is 7.09. The van der Waals surface area contributed by atoms with Crippen LogP contribution in [0.2, 0.25) is 0 Å². The second-order valence-electron chi connectivity index (χ2n) is 5.39. The summed E-state index contributed by atoms with van der Waals surface area (Å²) in [4.78, 5) is 0. The van der Waals surface area contributed by atoms with Gasteiger partial charge in [-0.05, 0) is 30.0 Å². The van der Waals surface area contributed by atoms with E-state index in [4.69, 9.17) is 19.9 Å². The summed E-state index contributed by atoms with van der Waals surface area (Å²) in [6, 6.07) is 3.85. The molecule has 0 spiro atoms. The molecule has 0 bridgehead atoms. The van der Waals surface area contributed by atoms with Crippen molar-refractivity contribution < 1.29 is 14.2 Å². The molecule has 0 heterocycles. The van der Waals surface area contributed by atoms with Crippen molar-refractivity contribution in [3.05, 3.63) is 17.7 Å². The summed E-state index contributed by atoms with van der Waals surface area (Å²) >= 11 is 0. The van der Waals surface area contributed by atoms with Gasteiger partial charge < -0.3 is 19.9 Å². The Morgan fingerprint density at radius 2 is 1.50 bits per heavy atom. The molecule has 0 amide bonds. The Bertz CT molecular complexity index is 393. The summed E-state index contributed by atoms with van der Waals surface area (Å²) in [6.45, 7) is 4.45. The van der Waals surface area contributed by atoms with Gasteiger partial charge in [-0.1, -0.05) is 26.7 Å². The van der Waals surface area contributed by atoms with Crippen LogP contribution in [-0.4, -0.2) is 21.3 Å². The smallest absolute Gasteiger partial charge is 0.203 e. The lowest BCUT2D eigenvalue weighted by Gasteiger charge is -2.18. The highest BCUT2D eigenvalue weighted by Crippen LogP contribution is 2.39. The van der Waals surface area contributed by atoms with Gasteiger partial charge in [-0.25, -0.2) is 0 Å². The molecule has 0 aliphatic rings. The van der Waals surface area contributed by atoms with E-state index in [0.717, 1.165) is 18.4 Å². The molecule has 0 saturated carbocycles. The molecule has 0 fully saturated rings. The van der Waals surface area contributed by atoms with Crippen molar-refractivity contribution in [1.82, 2.24) is 0 Å². The minimum absolute atomic E-state index is 0.0116. The molecule has 0 radical (unpaired) electrons. The van der Waals surface area contributed by atoms with E-state index in [1.807, 2.05) is 12.1 Å². The topological polar surface area (TPSA) is 53.7 Å². The Morgan fingerprint density at radius 1 is 0.950 bits per heavy atom. The largest absolute Gasteiger partial charge is 0.493 e. The van der Waals surface area contributed by atoms with E-state index >= 15 is 0 Å². The third-order valence-electron chi connectivity index (χ3n) is 3.41. The molecular formula is C16H27NO3. The first-order valence-corrected chi connectivity index (χ1v) is 7.09. The fourth-order valence-electron chi connectivity index (χ4n) is 2.23. The lowest BCUT2D eigenvalue weighted by atomic mass is 9.98. The van der Waals surface area contributed by atoms with Crippen molar-refractivity contribution in [3.63, 3.8) is 0 Å². The highest BCUT2D eigenvalue weighted by molar-refractivity contribution is 5.54. The van der Waals surface area contributed by atoms with Crippen LogP contribution in [0, 0.1) is 5.92 Å². The van der Waals surface area contributed by atoms with Gasteiger partial charge in [0.05, 0.1) is 21.3 Å². The van der Waals surface area contributed by atoms with E-state index in [0.29, 0.717) is 23.2 Å². The zero-order chi connectivity index (χ0) is 15.1. The van der Waals surface area contributed by atoms with Crippen molar-refractivity contribution >= 4 is 0 Å². The van der Waals surface area contributed by atoms with Gasteiger partial charge in [-0.15, -0.1) is 0 Å². The molecule has 0 aliphatic heterocycles. The third kappa shape index (κ3) is 4.30. The van der Waals surface area contributed by atoms with E-state index in [1.54, 1.807) is 21.3 Å². The predicted molar refractivity (Wildman–Crippen MR) is 81.7 cm³/mol. The van der Waals surface area contributed by atoms with Crippen molar-refractivity contribution in [2.24, 2.45) is 11.7 Å².